The summed E-state index contributed by atoms with van der Waals surface area (Å²) >= 11 is 20.9. The highest BCUT2D eigenvalue weighted by molar-refractivity contribution is 9.10. The van der Waals surface area contributed by atoms with Crippen molar-refractivity contribution in [2.24, 2.45) is 0 Å². The van der Waals surface area contributed by atoms with E-state index < -0.39 is 0 Å². The SMILES string of the molecule is CCN1C(=O)/C(=C/c2cc(Br)ccc2OCc2ccc(Cl)c(Cl)c2)N(C)C1=S. The minimum absolute atomic E-state index is 0.120. The van der Waals surface area contributed by atoms with Crippen LogP contribution in [0.5, 0.6) is 5.75 Å². The summed E-state index contributed by atoms with van der Waals surface area (Å²) in [5, 5.41) is 1.47. The highest BCUT2D eigenvalue weighted by Crippen LogP contribution is 2.30. The second kappa shape index (κ2) is 8.82. The Labute approximate surface area is 187 Å². The van der Waals surface area contributed by atoms with Crippen LogP contribution in [0.25, 0.3) is 6.08 Å². The van der Waals surface area contributed by atoms with Crippen molar-refractivity contribution >= 4 is 68.4 Å². The number of rotatable bonds is 5. The van der Waals surface area contributed by atoms with Crippen molar-refractivity contribution in [3.63, 3.8) is 0 Å². The van der Waals surface area contributed by atoms with Gasteiger partial charge in [-0.05, 0) is 61.1 Å². The standard InChI is InChI=1S/C20H17BrCl2N2O2S/c1-3-25-19(26)17(24(2)20(25)28)10-13-9-14(21)5-7-18(13)27-11-12-4-6-15(22)16(23)8-12/h4-10H,3,11H2,1-2H3/b17-10-. The fourth-order valence-corrected chi connectivity index (χ4v) is 3.80. The van der Waals surface area contributed by atoms with Crippen LogP contribution >= 0.6 is 51.3 Å². The molecule has 4 nitrogen and oxygen atoms in total. The van der Waals surface area contributed by atoms with Crippen LogP contribution in [0.3, 0.4) is 0 Å². The summed E-state index contributed by atoms with van der Waals surface area (Å²) in [5.74, 6) is 0.522. The third-order valence-corrected chi connectivity index (χ3v) is 6.03. The zero-order chi connectivity index (χ0) is 20.4. The van der Waals surface area contributed by atoms with Crippen LogP contribution in [0.2, 0.25) is 10.0 Å². The van der Waals surface area contributed by atoms with Crippen molar-refractivity contribution in [1.82, 2.24) is 9.80 Å². The molecule has 0 spiro atoms. The molecular weight excluding hydrogens is 483 g/mol. The minimum atomic E-state index is -0.120. The van der Waals surface area contributed by atoms with Crippen LogP contribution in [-0.4, -0.2) is 34.4 Å². The van der Waals surface area contributed by atoms with Gasteiger partial charge in [0.1, 0.15) is 18.1 Å². The molecule has 0 radical (unpaired) electrons. The lowest BCUT2D eigenvalue weighted by Gasteiger charge is -2.14. The van der Waals surface area contributed by atoms with E-state index in [0.717, 1.165) is 15.6 Å². The normalized spacial score (nSPS) is 15.7. The van der Waals surface area contributed by atoms with E-state index in [1.54, 1.807) is 35.1 Å². The summed E-state index contributed by atoms with van der Waals surface area (Å²) in [4.78, 5) is 15.9. The molecule has 0 aliphatic carbocycles. The van der Waals surface area contributed by atoms with Gasteiger partial charge in [-0.15, -0.1) is 0 Å². The van der Waals surface area contributed by atoms with Crippen molar-refractivity contribution in [3.05, 3.63) is 67.7 Å². The highest BCUT2D eigenvalue weighted by Gasteiger charge is 2.34. The molecule has 0 N–H and O–H groups in total. The van der Waals surface area contributed by atoms with Gasteiger partial charge in [0.05, 0.1) is 10.0 Å². The van der Waals surface area contributed by atoms with Gasteiger partial charge < -0.3 is 9.64 Å². The lowest BCUT2D eigenvalue weighted by atomic mass is 10.1. The van der Waals surface area contributed by atoms with Crippen LogP contribution in [0.15, 0.2) is 46.6 Å². The molecule has 1 saturated heterocycles. The molecule has 0 bridgehead atoms. The van der Waals surface area contributed by atoms with Crippen molar-refractivity contribution in [2.75, 3.05) is 13.6 Å². The number of carbonyl (C=O) groups excluding carboxylic acids is 1. The predicted molar refractivity (Wildman–Crippen MR) is 121 cm³/mol. The number of hydrogen-bond acceptors (Lipinski definition) is 3. The average Bonchev–Trinajstić information content (AvgIpc) is 2.86. The van der Waals surface area contributed by atoms with Crippen LogP contribution in [0.1, 0.15) is 18.1 Å². The molecule has 1 amide bonds. The van der Waals surface area contributed by atoms with E-state index in [4.69, 9.17) is 40.2 Å². The second-order valence-corrected chi connectivity index (χ2v) is 8.24. The molecule has 2 aromatic rings. The maximum atomic E-state index is 12.7. The molecule has 0 atom stereocenters. The molecule has 0 saturated carbocycles. The minimum Gasteiger partial charge on any atom is -0.488 e. The molecular formula is C20H17BrCl2N2O2S. The van der Waals surface area contributed by atoms with E-state index in [1.165, 1.54) is 0 Å². The van der Waals surface area contributed by atoms with E-state index in [0.29, 0.717) is 39.8 Å². The number of hydrogen-bond donors (Lipinski definition) is 0. The molecule has 8 heteroatoms. The number of likely N-dealkylation sites (N-methyl/N-ethyl adjacent to an activating group) is 2. The number of carbonyl (C=O) groups is 1. The Morgan fingerprint density at radius 1 is 1.18 bits per heavy atom. The quantitative estimate of drug-likeness (QED) is 0.387. The summed E-state index contributed by atoms with van der Waals surface area (Å²) in [7, 11) is 1.79. The molecule has 1 aliphatic rings. The van der Waals surface area contributed by atoms with Gasteiger partial charge in [-0.3, -0.25) is 9.69 Å². The summed E-state index contributed by atoms with van der Waals surface area (Å²) < 4.78 is 6.87. The molecule has 1 fully saturated rings. The number of halogens is 3. The predicted octanol–water partition coefficient (Wildman–Crippen LogP) is 5.75. The van der Waals surface area contributed by atoms with Crippen molar-refractivity contribution in [1.29, 1.82) is 0 Å². The zero-order valence-electron chi connectivity index (χ0n) is 15.2. The van der Waals surface area contributed by atoms with Gasteiger partial charge in [0, 0.05) is 23.6 Å². The topological polar surface area (TPSA) is 32.8 Å². The summed E-state index contributed by atoms with van der Waals surface area (Å²) in [6, 6.07) is 11.0. The molecule has 1 aliphatic heterocycles. The largest absolute Gasteiger partial charge is 0.488 e. The van der Waals surface area contributed by atoms with Gasteiger partial charge in [0.25, 0.3) is 5.91 Å². The van der Waals surface area contributed by atoms with Crippen molar-refractivity contribution in [3.8, 4) is 5.75 Å². The summed E-state index contributed by atoms with van der Waals surface area (Å²) in [5.41, 5.74) is 2.16. The third kappa shape index (κ3) is 4.35. The van der Waals surface area contributed by atoms with Crippen LogP contribution in [0.4, 0.5) is 0 Å². The molecule has 3 rings (SSSR count). The zero-order valence-corrected chi connectivity index (χ0v) is 19.1. The maximum Gasteiger partial charge on any atom is 0.276 e. The molecule has 0 unspecified atom stereocenters. The Morgan fingerprint density at radius 3 is 2.57 bits per heavy atom. The van der Waals surface area contributed by atoms with Gasteiger partial charge in [-0.1, -0.05) is 45.2 Å². The molecule has 1 heterocycles. The number of benzene rings is 2. The molecule has 28 heavy (non-hydrogen) atoms. The van der Waals surface area contributed by atoms with E-state index >= 15 is 0 Å². The first-order valence-corrected chi connectivity index (χ1v) is 10.4. The Morgan fingerprint density at radius 2 is 1.93 bits per heavy atom. The van der Waals surface area contributed by atoms with Crippen molar-refractivity contribution < 1.29 is 9.53 Å². The van der Waals surface area contributed by atoms with Crippen LogP contribution in [-0.2, 0) is 11.4 Å². The molecule has 2 aromatic carbocycles. The molecule has 146 valence electrons. The molecule has 0 aromatic heterocycles. The number of thiocarbonyl (C=S) groups is 1. The van der Waals surface area contributed by atoms with Gasteiger partial charge in [-0.25, -0.2) is 0 Å². The van der Waals surface area contributed by atoms with Gasteiger partial charge >= 0.3 is 0 Å². The smallest absolute Gasteiger partial charge is 0.276 e. The van der Waals surface area contributed by atoms with Gasteiger partial charge in [0.15, 0.2) is 5.11 Å². The highest BCUT2D eigenvalue weighted by atomic mass is 79.9. The summed E-state index contributed by atoms with van der Waals surface area (Å²) in [6.45, 7) is 2.74. The van der Waals surface area contributed by atoms with E-state index in [1.807, 2.05) is 31.2 Å². The Kier molecular flexibility index (Phi) is 6.65. The lowest BCUT2D eigenvalue weighted by molar-refractivity contribution is -0.122. The van der Waals surface area contributed by atoms with Crippen LogP contribution < -0.4 is 4.74 Å². The number of nitrogens with zero attached hydrogens (tertiary/aromatic N) is 2. The van der Waals surface area contributed by atoms with E-state index in [-0.39, 0.29) is 5.91 Å². The number of ether oxygens (including phenoxy) is 1. The third-order valence-electron chi connectivity index (χ3n) is 4.30. The average molecular weight is 500 g/mol. The van der Waals surface area contributed by atoms with Crippen molar-refractivity contribution in [2.45, 2.75) is 13.5 Å². The Balaban J connectivity index is 1.90. The lowest BCUT2D eigenvalue weighted by Crippen LogP contribution is -2.30. The Bertz CT molecular complexity index is 981. The summed E-state index contributed by atoms with van der Waals surface area (Å²) in [6.07, 6.45) is 1.79. The fourth-order valence-electron chi connectivity index (χ4n) is 2.79. The van der Waals surface area contributed by atoms with E-state index in [2.05, 4.69) is 15.9 Å². The van der Waals surface area contributed by atoms with E-state index in [9.17, 15) is 4.79 Å². The van der Waals surface area contributed by atoms with Crippen LogP contribution in [0, 0.1) is 0 Å². The van der Waals surface area contributed by atoms with Gasteiger partial charge in [-0.2, -0.15) is 0 Å². The first-order chi connectivity index (χ1) is 13.3. The fraction of sp³-hybridized carbons (Fsp3) is 0.200. The number of amides is 1. The maximum absolute atomic E-state index is 12.7. The monoisotopic (exact) mass is 498 g/mol. The Hall–Kier alpha value is -1.60. The second-order valence-electron chi connectivity index (χ2n) is 6.14. The first-order valence-electron chi connectivity index (χ1n) is 8.49. The van der Waals surface area contributed by atoms with Gasteiger partial charge in [0.2, 0.25) is 0 Å². The first kappa shape index (κ1) is 21.1.